The molecule has 3 aliphatic heterocycles. The molecule has 4 aliphatic rings. The van der Waals surface area contributed by atoms with Crippen LogP contribution in [0.5, 0.6) is 0 Å². The van der Waals surface area contributed by atoms with Crippen LogP contribution >= 0.6 is 39.1 Å². The Balaban J connectivity index is 0.000000159. The molecule has 18 heteroatoms. The van der Waals surface area contributed by atoms with E-state index in [1.165, 1.54) is 43.2 Å². The molecule has 85 heavy (non-hydrogen) atoms. The van der Waals surface area contributed by atoms with Crippen molar-refractivity contribution in [3.63, 3.8) is 0 Å². The highest BCUT2D eigenvalue weighted by atomic mass is 79.9. The van der Waals surface area contributed by atoms with Crippen molar-refractivity contribution in [2.24, 2.45) is 0 Å². The Morgan fingerprint density at radius 3 is 1.41 bits per heavy atom. The molecular weight excluding hydrogens is 1170 g/mol. The monoisotopic (exact) mass is 1250 g/mol. The summed E-state index contributed by atoms with van der Waals surface area (Å²) in [6, 6.07) is 40.0. The molecule has 15 nitrogen and oxygen atoms in total. The molecule has 0 atom stereocenters. The Bertz CT molecular complexity index is 3540. The third-order valence-electron chi connectivity index (χ3n) is 17.9. The van der Waals surface area contributed by atoms with E-state index in [9.17, 15) is 9.59 Å². The van der Waals surface area contributed by atoms with Crippen molar-refractivity contribution >= 4 is 91.2 Å². The van der Waals surface area contributed by atoms with Crippen LogP contribution in [-0.4, -0.2) is 140 Å². The summed E-state index contributed by atoms with van der Waals surface area (Å²) < 4.78 is 4.41. The molecular formula is C67H78BrCl2N13O2. The summed E-state index contributed by atoms with van der Waals surface area (Å²) in [4.78, 5) is 46.0. The molecule has 12 rings (SSSR count). The van der Waals surface area contributed by atoms with E-state index in [0.717, 1.165) is 121 Å². The maximum Gasteiger partial charge on any atom is 0.253 e. The number of carbonyl (C=O) groups excluding carboxylic acids is 2. The zero-order valence-electron chi connectivity index (χ0n) is 49.3. The summed E-state index contributed by atoms with van der Waals surface area (Å²) in [5.74, 6) is 1.15. The molecule has 2 amide bonds. The van der Waals surface area contributed by atoms with Crippen LogP contribution in [-0.2, 0) is 10.8 Å². The van der Waals surface area contributed by atoms with Crippen LogP contribution in [0.4, 0.5) is 29.0 Å². The second-order valence-corrected chi connectivity index (χ2v) is 25.0. The van der Waals surface area contributed by atoms with E-state index >= 15 is 0 Å². The maximum atomic E-state index is 13.1. The second kappa shape index (κ2) is 27.5. The molecule has 1 saturated carbocycles. The van der Waals surface area contributed by atoms with Gasteiger partial charge >= 0.3 is 0 Å². The minimum atomic E-state index is -0.0674. The summed E-state index contributed by atoms with van der Waals surface area (Å²) in [5.41, 5.74) is 8.45. The van der Waals surface area contributed by atoms with Crippen molar-refractivity contribution in [3.8, 4) is 0 Å². The molecule has 444 valence electrons. The molecule has 4 aromatic carbocycles. The fraction of sp³-hybridized carbons (Fsp3) is 0.373. The number of piperidine rings is 3. The van der Waals surface area contributed by atoms with E-state index < -0.39 is 0 Å². The first-order valence-electron chi connectivity index (χ1n) is 29.7. The van der Waals surface area contributed by atoms with E-state index in [0.29, 0.717) is 29.1 Å². The number of hydrogen-bond acceptors (Lipinski definition) is 11. The van der Waals surface area contributed by atoms with Gasteiger partial charge in [0.2, 0.25) is 11.9 Å². The van der Waals surface area contributed by atoms with Gasteiger partial charge in [-0.05, 0) is 216 Å². The molecule has 3 saturated heterocycles. The number of likely N-dealkylation sites (tertiary alicyclic amines) is 2. The zero-order valence-corrected chi connectivity index (χ0v) is 52.4. The van der Waals surface area contributed by atoms with Crippen molar-refractivity contribution < 1.29 is 9.59 Å². The predicted molar refractivity (Wildman–Crippen MR) is 350 cm³/mol. The number of anilines is 5. The molecule has 4 fully saturated rings. The minimum Gasteiger partial charge on any atom is -0.368 e. The Morgan fingerprint density at radius 1 is 0.565 bits per heavy atom. The molecule has 0 unspecified atom stereocenters. The standard InChI is InChI=1S/C33H38ClN7O.C20H23BrN6O.C14H17Cl/c1-4-33(25-9-11-26(34)12-10-25)17-22-40(23-18-33)29-6-5-19-41-30(29)36-32(37-41)35-27-13-7-24(8-14-27)31(42)39(3)28-15-20-38(2)21-16-28;1-25-12-9-16(10-13-25)26(2)19(28)14-5-7-15(8-6-14)22-20-23-18-17(21)4-3-11-27(18)24-20;1-2-14(10-4-3-5-11-14)12-6-8-13(15)9-7-12/h4-14,19,28H,1,15-18,20-23H2,2-3H3,(H,35,37);3-8,11,16H,9-10,12-13H2,1-2H3,(H,22,24);2,6-9H,1,3-5,10-11H2. The van der Waals surface area contributed by atoms with Crippen LogP contribution in [0.3, 0.4) is 0 Å². The Labute approximate surface area is 518 Å². The van der Waals surface area contributed by atoms with Gasteiger partial charge in [-0.2, -0.15) is 9.97 Å². The third kappa shape index (κ3) is 14.4. The van der Waals surface area contributed by atoms with Crippen LogP contribution in [0.25, 0.3) is 11.3 Å². The fourth-order valence-corrected chi connectivity index (χ4v) is 13.1. The SMILES string of the molecule is C=CC1(c2ccc(Cl)cc2)CCCCC1.C=CC1(c2ccc(Cl)cc2)CCN(c2cccn3nc(Nc4ccc(C(=O)N(C)C5CCN(C)CC5)cc4)nc23)CC1.CN1CCC(N(C)C(=O)c2ccc(Nc3nc4c(Br)cccn4n3)cc2)CC1. The van der Waals surface area contributed by atoms with Crippen molar-refractivity contribution in [1.82, 2.24) is 48.8 Å². The van der Waals surface area contributed by atoms with Gasteiger partial charge in [0.15, 0.2) is 11.3 Å². The van der Waals surface area contributed by atoms with E-state index in [2.05, 4.69) is 126 Å². The fourth-order valence-electron chi connectivity index (χ4n) is 12.4. The zero-order chi connectivity index (χ0) is 59.7. The molecule has 1 aliphatic carbocycles. The van der Waals surface area contributed by atoms with Crippen molar-refractivity contribution in [1.29, 1.82) is 0 Å². The highest BCUT2D eigenvalue weighted by molar-refractivity contribution is 9.10. The quantitative estimate of drug-likeness (QED) is 0.107. The lowest BCUT2D eigenvalue weighted by molar-refractivity contribution is 0.0652. The first-order valence-corrected chi connectivity index (χ1v) is 31.2. The maximum absolute atomic E-state index is 13.1. The van der Waals surface area contributed by atoms with Crippen LogP contribution in [0.15, 0.2) is 164 Å². The summed E-state index contributed by atoms with van der Waals surface area (Å²) in [7, 11) is 8.08. The highest BCUT2D eigenvalue weighted by Gasteiger charge is 2.35. The number of benzene rings is 4. The topological polar surface area (TPSA) is 135 Å². The van der Waals surface area contributed by atoms with E-state index in [4.69, 9.17) is 28.2 Å². The van der Waals surface area contributed by atoms with E-state index in [-0.39, 0.29) is 28.7 Å². The third-order valence-corrected chi connectivity index (χ3v) is 19.0. The number of nitrogens with zero attached hydrogens (tertiary/aromatic N) is 11. The molecule has 2 N–H and O–H groups in total. The van der Waals surface area contributed by atoms with Gasteiger partial charge in [-0.25, -0.2) is 9.03 Å². The van der Waals surface area contributed by atoms with Gasteiger partial charge in [0.1, 0.15) is 0 Å². The summed E-state index contributed by atoms with van der Waals surface area (Å²) >= 11 is 15.5. The van der Waals surface area contributed by atoms with Crippen LogP contribution in [0.1, 0.15) is 102 Å². The predicted octanol–water partition coefficient (Wildman–Crippen LogP) is 14.1. The Hall–Kier alpha value is -7.08. The number of halogens is 3. The van der Waals surface area contributed by atoms with E-state index in [1.54, 1.807) is 4.52 Å². The van der Waals surface area contributed by atoms with Gasteiger partial charge in [-0.3, -0.25) is 9.59 Å². The number of amides is 2. The number of carbonyl (C=O) groups is 2. The number of rotatable bonds is 13. The number of pyridine rings is 2. The van der Waals surface area contributed by atoms with Gasteiger partial charge in [-0.1, -0.05) is 78.9 Å². The number of aromatic nitrogens is 6. The summed E-state index contributed by atoms with van der Waals surface area (Å²) in [6.07, 6.45) is 20.4. The van der Waals surface area contributed by atoms with Crippen molar-refractivity contribution in [2.75, 3.05) is 83.0 Å². The summed E-state index contributed by atoms with van der Waals surface area (Å²) in [5, 5.41) is 17.2. The molecule has 0 radical (unpaired) electrons. The summed E-state index contributed by atoms with van der Waals surface area (Å²) in [6.45, 7) is 14.1. The first-order chi connectivity index (χ1) is 41.1. The lowest BCUT2D eigenvalue weighted by atomic mass is 9.70. The highest BCUT2D eigenvalue weighted by Crippen LogP contribution is 2.41. The average molecular weight is 1250 g/mol. The van der Waals surface area contributed by atoms with Gasteiger partial charge in [0.05, 0.1) is 10.2 Å². The smallest absolute Gasteiger partial charge is 0.253 e. The number of allylic oxidation sites excluding steroid dienone is 2. The van der Waals surface area contributed by atoms with E-state index in [1.807, 2.05) is 132 Å². The first kappa shape index (κ1) is 61.0. The lowest BCUT2D eigenvalue weighted by Crippen LogP contribution is -2.44. The molecule has 7 heterocycles. The lowest BCUT2D eigenvalue weighted by Gasteiger charge is -2.41. The largest absolute Gasteiger partial charge is 0.368 e. The number of fused-ring (bicyclic) bond motifs is 2. The van der Waals surface area contributed by atoms with Gasteiger partial charge in [0, 0.05) is 95.0 Å². The van der Waals surface area contributed by atoms with Crippen LogP contribution < -0.4 is 15.5 Å². The van der Waals surface area contributed by atoms with Gasteiger partial charge in [-0.15, -0.1) is 23.4 Å². The molecule has 8 aromatic rings. The Morgan fingerprint density at radius 2 is 0.976 bits per heavy atom. The molecule has 0 bridgehead atoms. The van der Waals surface area contributed by atoms with Crippen molar-refractivity contribution in [2.45, 2.75) is 93.5 Å². The van der Waals surface area contributed by atoms with Crippen LogP contribution in [0.2, 0.25) is 10.0 Å². The van der Waals surface area contributed by atoms with Crippen LogP contribution in [0, 0.1) is 0 Å². The number of nitrogens with one attached hydrogen (secondary N) is 2. The minimum absolute atomic E-state index is 0.0599. The normalized spacial score (nSPS) is 17.4. The van der Waals surface area contributed by atoms with Gasteiger partial charge in [0.25, 0.3) is 11.8 Å². The number of hydrogen-bond donors (Lipinski definition) is 2. The molecule has 4 aromatic heterocycles. The second-order valence-electron chi connectivity index (χ2n) is 23.2. The average Bonchev–Trinajstić information content (AvgIpc) is 4.16. The van der Waals surface area contributed by atoms with Gasteiger partial charge < -0.3 is 35.1 Å². The Kier molecular flexibility index (Phi) is 19.8. The van der Waals surface area contributed by atoms with Crippen molar-refractivity contribution in [3.05, 3.63) is 196 Å². The molecule has 0 spiro atoms.